The number of benzene rings is 1. The van der Waals surface area contributed by atoms with Crippen LogP contribution in [-0.2, 0) is 0 Å². The molecule has 3 aromatic rings. The fourth-order valence-electron chi connectivity index (χ4n) is 1.93. The topological polar surface area (TPSA) is 52.8 Å². The first-order valence-corrected chi connectivity index (χ1v) is 6.84. The van der Waals surface area contributed by atoms with Gasteiger partial charge in [-0.2, -0.15) is 4.98 Å². The molecule has 0 atom stereocenters. The van der Waals surface area contributed by atoms with Crippen LogP contribution >= 0.6 is 11.3 Å². The predicted octanol–water partition coefficient (Wildman–Crippen LogP) is 3.32. The lowest BCUT2D eigenvalue weighted by atomic mass is 10.2. The Balaban J connectivity index is 2.04. The highest BCUT2D eigenvalue weighted by atomic mass is 32.1. The molecular weight excluding hydrogens is 276 g/mol. The summed E-state index contributed by atoms with van der Waals surface area (Å²) in [6, 6.07) is 5.58. The number of methoxy groups -OCH3 is 1. The average Bonchev–Trinajstić information content (AvgIpc) is 3.00. The molecule has 3 rings (SSSR count). The van der Waals surface area contributed by atoms with Gasteiger partial charge < -0.3 is 9.47 Å². The van der Waals surface area contributed by atoms with Crippen LogP contribution in [0.25, 0.3) is 4.96 Å². The van der Waals surface area contributed by atoms with Crippen molar-refractivity contribution in [2.24, 2.45) is 0 Å². The van der Waals surface area contributed by atoms with Crippen molar-refractivity contribution in [3.8, 4) is 17.4 Å². The second-order valence-corrected chi connectivity index (χ2v) is 5.11. The zero-order chi connectivity index (χ0) is 14.1. The SMILES string of the molecule is COc1cc(C)ccc1Oc1nc2sccn2c1C=O. The number of nitrogens with zero attached hydrogens (tertiary/aromatic N) is 2. The molecule has 2 heterocycles. The molecule has 0 aliphatic heterocycles. The molecule has 6 heteroatoms. The molecular formula is C14H12N2O3S. The van der Waals surface area contributed by atoms with E-state index in [-0.39, 0.29) is 5.88 Å². The van der Waals surface area contributed by atoms with Gasteiger partial charge in [-0.3, -0.25) is 9.20 Å². The Morgan fingerprint density at radius 2 is 2.20 bits per heavy atom. The van der Waals surface area contributed by atoms with Crippen LogP contribution in [0.5, 0.6) is 17.4 Å². The number of imidazole rings is 1. The molecule has 0 radical (unpaired) electrons. The summed E-state index contributed by atoms with van der Waals surface area (Å²) in [7, 11) is 1.58. The Bertz CT molecular complexity index is 776. The van der Waals surface area contributed by atoms with Crippen molar-refractivity contribution < 1.29 is 14.3 Å². The summed E-state index contributed by atoms with van der Waals surface area (Å²) in [6.45, 7) is 1.97. The van der Waals surface area contributed by atoms with Crippen LogP contribution in [0.2, 0.25) is 0 Å². The molecule has 0 fully saturated rings. The number of thiazole rings is 1. The lowest BCUT2D eigenvalue weighted by molar-refractivity contribution is 0.111. The molecule has 20 heavy (non-hydrogen) atoms. The molecule has 0 bridgehead atoms. The van der Waals surface area contributed by atoms with Crippen molar-refractivity contribution in [1.82, 2.24) is 9.38 Å². The molecule has 1 aromatic carbocycles. The number of rotatable bonds is 4. The molecule has 0 spiro atoms. The van der Waals surface area contributed by atoms with E-state index in [1.54, 1.807) is 23.8 Å². The number of fused-ring (bicyclic) bond motifs is 1. The van der Waals surface area contributed by atoms with Crippen LogP contribution in [0.4, 0.5) is 0 Å². The van der Waals surface area contributed by atoms with Gasteiger partial charge in [-0.15, -0.1) is 11.3 Å². The number of aryl methyl sites for hydroxylation is 1. The standard InChI is InChI=1S/C14H12N2O3S/c1-9-3-4-11(12(7-9)18-2)19-13-10(8-17)16-5-6-20-14(16)15-13/h3-8H,1-2H3. The molecule has 102 valence electrons. The van der Waals surface area contributed by atoms with Crippen molar-refractivity contribution >= 4 is 22.6 Å². The number of hydrogen-bond acceptors (Lipinski definition) is 5. The fraction of sp³-hybridized carbons (Fsp3) is 0.143. The maximum atomic E-state index is 11.2. The van der Waals surface area contributed by atoms with E-state index in [1.807, 2.05) is 24.4 Å². The molecule has 0 unspecified atom stereocenters. The normalized spacial score (nSPS) is 10.7. The zero-order valence-electron chi connectivity index (χ0n) is 11.0. The molecule has 0 saturated carbocycles. The van der Waals surface area contributed by atoms with E-state index >= 15 is 0 Å². The van der Waals surface area contributed by atoms with Gasteiger partial charge in [0, 0.05) is 11.6 Å². The Morgan fingerprint density at radius 3 is 2.95 bits per heavy atom. The lowest BCUT2D eigenvalue weighted by Crippen LogP contribution is -1.94. The molecule has 5 nitrogen and oxygen atoms in total. The van der Waals surface area contributed by atoms with Crippen LogP contribution in [0.15, 0.2) is 29.8 Å². The van der Waals surface area contributed by atoms with Crippen LogP contribution in [0.3, 0.4) is 0 Å². The smallest absolute Gasteiger partial charge is 0.250 e. The zero-order valence-corrected chi connectivity index (χ0v) is 11.8. The summed E-state index contributed by atoms with van der Waals surface area (Å²) < 4.78 is 12.7. The minimum absolute atomic E-state index is 0.286. The summed E-state index contributed by atoms with van der Waals surface area (Å²) in [5.41, 5.74) is 1.46. The van der Waals surface area contributed by atoms with E-state index < -0.39 is 0 Å². The third-order valence-electron chi connectivity index (χ3n) is 2.90. The van der Waals surface area contributed by atoms with E-state index in [2.05, 4.69) is 4.98 Å². The Hall–Kier alpha value is -2.34. The van der Waals surface area contributed by atoms with Crippen molar-refractivity contribution in [2.45, 2.75) is 6.92 Å². The number of ether oxygens (including phenoxy) is 2. The summed E-state index contributed by atoms with van der Waals surface area (Å²) in [6.07, 6.45) is 2.53. The third kappa shape index (κ3) is 2.04. The molecule has 0 amide bonds. The van der Waals surface area contributed by atoms with Crippen LogP contribution in [0, 0.1) is 6.92 Å². The van der Waals surface area contributed by atoms with Gasteiger partial charge in [0.25, 0.3) is 0 Å². The number of aromatic nitrogens is 2. The van der Waals surface area contributed by atoms with Gasteiger partial charge in [-0.25, -0.2) is 0 Å². The summed E-state index contributed by atoms with van der Waals surface area (Å²) in [5.74, 6) is 1.43. The van der Waals surface area contributed by atoms with Crippen molar-refractivity contribution in [2.75, 3.05) is 7.11 Å². The van der Waals surface area contributed by atoms with E-state index in [4.69, 9.17) is 9.47 Å². The fourth-order valence-corrected chi connectivity index (χ4v) is 2.64. The molecule has 0 aliphatic rings. The van der Waals surface area contributed by atoms with E-state index in [9.17, 15) is 4.79 Å². The number of carbonyl (C=O) groups excluding carboxylic acids is 1. The van der Waals surface area contributed by atoms with E-state index in [0.717, 1.165) is 11.8 Å². The average molecular weight is 288 g/mol. The number of aldehydes is 1. The predicted molar refractivity (Wildman–Crippen MR) is 76.3 cm³/mol. The van der Waals surface area contributed by atoms with Gasteiger partial charge >= 0.3 is 0 Å². The highest BCUT2D eigenvalue weighted by molar-refractivity contribution is 7.15. The summed E-state index contributed by atoms with van der Waals surface area (Å²) >= 11 is 1.44. The third-order valence-corrected chi connectivity index (χ3v) is 3.66. The van der Waals surface area contributed by atoms with Crippen molar-refractivity contribution in [3.05, 3.63) is 41.0 Å². The van der Waals surface area contributed by atoms with Gasteiger partial charge in [0.05, 0.1) is 7.11 Å². The van der Waals surface area contributed by atoms with Gasteiger partial charge in [-0.1, -0.05) is 6.07 Å². The second kappa shape index (κ2) is 4.97. The molecule has 0 N–H and O–H groups in total. The quantitative estimate of drug-likeness (QED) is 0.691. The molecule has 0 aliphatic carbocycles. The van der Waals surface area contributed by atoms with Crippen LogP contribution in [-0.4, -0.2) is 22.8 Å². The molecule has 2 aromatic heterocycles. The van der Waals surface area contributed by atoms with E-state index in [1.165, 1.54) is 11.3 Å². The van der Waals surface area contributed by atoms with Gasteiger partial charge in [0.1, 0.15) is 0 Å². The van der Waals surface area contributed by atoms with Crippen molar-refractivity contribution in [1.29, 1.82) is 0 Å². The molecule has 0 saturated heterocycles. The number of carbonyl (C=O) groups is 1. The first-order valence-electron chi connectivity index (χ1n) is 5.96. The van der Waals surface area contributed by atoms with Crippen molar-refractivity contribution in [3.63, 3.8) is 0 Å². The maximum absolute atomic E-state index is 11.2. The first kappa shape index (κ1) is 12.7. The van der Waals surface area contributed by atoms with Gasteiger partial charge in [-0.05, 0) is 24.6 Å². The maximum Gasteiger partial charge on any atom is 0.250 e. The van der Waals surface area contributed by atoms with Crippen LogP contribution < -0.4 is 9.47 Å². The monoisotopic (exact) mass is 288 g/mol. The Morgan fingerprint density at radius 1 is 1.35 bits per heavy atom. The minimum Gasteiger partial charge on any atom is -0.493 e. The largest absolute Gasteiger partial charge is 0.493 e. The number of hydrogen-bond donors (Lipinski definition) is 0. The highest BCUT2D eigenvalue weighted by Gasteiger charge is 2.16. The summed E-state index contributed by atoms with van der Waals surface area (Å²) in [4.78, 5) is 16.3. The Kier molecular flexibility index (Phi) is 3.15. The minimum atomic E-state index is 0.286. The summed E-state index contributed by atoms with van der Waals surface area (Å²) in [5, 5.41) is 1.87. The first-order chi connectivity index (χ1) is 9.72. The van der Waals surface area contributed by atoms with Gasteiger partial charge in [0.15, 0.2) is 28.4 Å². The highest BCUT2D eigenvalue weighted by Crippen LogP contribution is 2.33. The van der Waals surface area contributed by atoms with Gasteiger partial charge in [0.2, 0.25) is 5.88 Å². The Labute approximate surface area is 119 Å². The lowest BCUT2D eigenvalue weighted by Gasteiger charge is -2.09. The second-order valence-electron chi connectivity index (χ2n) is 4.23. The van der Waals surface area contributed by atoms with E-state index in [0.29, 0.717) is 22.2 Å². The van der Waals surface area contributed by atoms with Crippen LogP contribution in [0.1, 0.15) is 16.1 Å².